The summed E-state index contributed by atoms with van der Waals surface area (Å²) in [6, 6.07) is 11.9. The van der Waals surface area contributed by atoms with Crippen LogP contribution in [0.5, 0.6) is 0 Å². The summed E-state index contributed by atoms with van der Waals surface area (Å²) in [4.78, 5) is 37.5. The van der Waals surface area contributed by atoms with E-state index in [4.69, 9.17) is 0 Å². The fourth-order valence-corrected chi connectivity index (χ4v) is 3.17. The van der Waals surface area contributed by atoms with Crippen LogP contribution in [0.1, 0.15) is 18.1 Å². The molecule has 6 nitrogen and oxygen atoms in total. The fraction of sp³-hybridized carbons (Fsp3) is 0.250. The predicted molar refractivity (Wildman–Crippen MR) is 98.9 cm³/mol. The van der Waals surface area contributed by atoms with Crippen molar-refractivity contribution in [2.45, 2.75) is 25.1 Å². The fourth-order valence-electron chi connectivity index (χ4n) is 3.17. The maximum absolute atomic E-state index is 13.9. The van der Waals surface area contributed by atoms with E-state index in [9.17, 15) is 27.6 Å². The highest BCUT2D eigenvalue weighted by Crippen LogP contribution is 2.43. The summed E-state index contributed by atoms with van der Waals surface area (Å²) >= 11 is 0. The molecule has 0 aliphatic carbocycles. The van der Waals surface area contributed by atoms with Gasteiger partial charge in [-0.05, 0) is 29.7 Å². The Morgan fingerprint density at radius 2 is 1.79 bits per heavy atom. The van der Waals surface area contributed by atoms with E-state index in [0.29, 0.717) is 5.69 Å². The molecule has 4 amide bonds. The molecule has 3 rings (SSSR count). The molecule has 1 atom stereocenters. The van der Waals surface area contributed by atoms with E-state index in [1.165, 1.54) is 18.2 Å². The quantitative estimate of drug-likeness (QED) is 0.750. The highest BCUT2D eigenvalue weighted by molar-refractivity contribution is 6.11. The Kier molecular flexibility index (Phi) is 5.32. The number of hydrogen-bond acceptors (Lipinski definition) is 3. The molecule has 0 aromatic heterocycles. The van der Waals surface area contributed by atoms with E-state index >= 15 is 0 Å². The Hall–Kier alpha value is -3.36. The molecule has 152 valence electrons. The van der Waals surface area contributed by atoms with Gasteiger partial charge in [-0.25, -0.2) is 4.79 Å². The molecule has 0 radical (unpaired) electrons. The Bertz CT molecular complexity index is 947. The molecule has 9 heteroatoms. The number of carbonyl (C=O) groups excluding carboxylic acids is 3. The number of rotatable bonds is 5. The third kappa shape index (κ3) is 3.67. The minimum Gasteiger partial charge on any atom is -0.325 e. The van der Waals surface area contributed by atoms with Crippen molar-refractivity contribution < 1.29 is 27.6 Å². The van der Waals surface area contributed by atoms with Crippen molar-refractivity contribution in [3.8, 4) is 0 Å². The first kappa shape index (κ1) is 20.4. The summed E-state index contributed by atoms with van der Waals surface area (Å²) in [7, 11) is 0. The highest BCUT2D eigenvalue weighted by Gasteiger charge is 2.68. The second-order valence-electron chi connectivity index (χ2n) is 6.54. The number of anilines is 1. The molecule has 1 fully saturated rings. The molecule has 2 aromatic rings. The van der Waals surface area contributed by atoms with Crippen molar-refractivity contribution in [2.75, 3.05) is 11.9 Å². The van der Waals surface area contributed by atoms with Gasteiger partial charge in [0.25, 0.3) is 5.91 Å². The Labute approximate surface area is 164 Å². The Morgan fingerprint density at radius 1 is 1.10 bits per heavy atom. The molecule has 0 bridgehead atoms. The van der Waals surface area contributed by atoms with Crippen LogP contribution in [0.4, 0.5) is 23.7 Å². The summed E-state index contributed by atoms with van der Waals surface area (Å²) in [6.45, 7) is 1.08. The molecule has 0 saturated carbocycles. The third-order valence-corrected chi connectivity index (χ3v) is 4.66. The third-order valence-electron chi connectivity index (χ3n) is 4.66. The van der Waals surface area contributed by atoms with E-state index in [-0.39, 0.29) is 4.90 Å². The Balaban J connectivity index is 1.85. The summed E-state index contributed by atoms with van der Waals surface area (Å²) in [6.07, 6.45) is -4.37. The zero-order chi connectivity index (χ0) is 21.2. The van der Waals surface area contributed by atoms with Gasteiger partial charge in [0.05, 0.1) is 0 Å². The molecule has 0 spiro atoms. The number of amides is 4. The van der Waals surface area contributed by atoms with Gasteiger partial charge in [-0.15, -0.1) is 0 Å². The second-order valence-corrected chi connectivity index (χ2v) is 6.54. The molecule has 2 N–H and O–H groups in total. The molecule has 1 aliphatic rings. The summed E-state index contributed by atoms with van der Waals surface area (Å²) in [5.74, 6) is -2.33. The number of carbonyl (C=O) groups is 3. The lowest BCUT2D eigenvalue weighted by Crippen LogP contribution is -2.55. The number of aryl methyl sites for hydroxylation is 1. The van der Waals surface area contributed by atoms with Crippen LogP contribution in [0, 0.1) is 0 Å². The molecular formula is C20H18F3N3O3. The zero-order valence-electron chi connectivity index (χ0n) is 15.4. The number of nitrogens with one attached hydrogen (secondary N) is 2. The molecular weight excluding hydrogens is 387 g/mol. The van der Waals surface area contributed by atoms with Crippen molar-refractivity contribution >= 4 is 23.5 Å². The lowest BCUT2D eigenvalue weighted by molar-refractivity contribution is -0.198. The van der Waals surface area contributed by atoms with Crippen LogP contribution in [0.25, 0.3) is 0 Å². The van der Waals surface area contributed by atoms with Gasteiger partial charge in [0.2, 0.25) is 11.4 Å². The standard InChI is InChI=1S/C20H18F3N3O3/c1-2-13-7-6-10-15(11-13)24-16(27)12-26-17(28)19(20(21,22)23,25-18(26)29)14-8-4-3-5-9-14/h3-11H,2,12H2,1H3,(H,24,27)(H,25,29). The van der Waals surface area contributed by atoms with Gasteiger partial charge in [-0.2, -0.15) is 13.2 Å². The largest absolute Gasteiger partial charge is 0.425 e. The SMILES string of the molecule is CCc1cccc(NC(=O)CN2C(=O)NC(c3ccccc3)(C(F)(F)F)C2=O)c1. The van der Waals surface area contributed by atoms with Crippen molar-refractivity contribution in [2.24, 2.45) is 0 Å². The summed E-state index contributed by atoms with van der Waals surface area (Å²) < 4.78 is 41.7. The number of alkyl halides is 3. The highest BCUT2D eigenvalue weighted by atomic mass is 19.4. The van der Waals surface area contributed by atoms with Gasteiger partial charge in [-0.1, -0.05) is 49.4 Å². The number of urea groups is 1. The smallest absolute Gasteiger partial charge is 0.325 e. The van der Waals surface area contributed by atoms with Crippen LogP contribution < -0.4 is 10.6 Å². The van der Waals surface area contributed by atoms with Crippen molar-refractivity contribution in [1.82, 2.24) is 10.2 Å². The van der Waals surface area contributed by atoms with E-state index < -0.39 is 41.7 Å². The number of benzene rings is 2. The first-order chi connectivity index (χ1) is 13.7. The van der Waals surface area contributed by atoms with E-state index in [1.54, 1.807) is 23.5 Å². The van der Waals surface area contributed by atoms with Gasteiger partial charge < -0.3 is 10.6 Å². The minimum absolute atomic E-state index is 0.277. The number of nitrogens with zero attached hydrogens (tertiary/aromatic N) is 1. The van der Waals surface area contributed by atoms with Gasteiger partial charge in [0.1, 0.15) is 6.54 Å². The molecule has 1 heterocycles. The lowest BCUT2D eigenvalue weighted by atomic mass is 9.89. The molecule has 1 saturated heterocycles. The van der Waals surface area contributed by atoms with Crippen LogP contribution in [0.3, 0.4) is 0 Å². The monoisotopic (exact) mass is 405 g/mol. The second kappa shape index (κ2) is 7.57. The first-order valence-corrected chi connectivity index (χ1v) is 8.84. The molecule has 2 aromatic carbocycles. The predicted octanol–water partition coefficient (Wildman–Crippen LogP) is 3.20. The van der Waals surface area contributed by atoms with Crippen LogP contribution in [-0.2, 0) is 21.5 Å². The summed E-state index contributed by atoms with van der Waals surface area (Å²) in [5, 5.41) is 4.24. The maximum atomic E-state index is 13.9. The van der Waals surface area contributed by atoms with Gasteiger partial charge in [0.15, 0.2) is 0 Å². The summed E-state index contributed by atoms with van der Waals surface area (Å²) in [5.41, 5.74) is -2.29. The number of imide groups is 1. The van der Waals surface area contributed by atoms with Crippen molar-refractivity contribution in [3.05, 3.63) is 65.7 Å². The molecule has 1 aliphatic heterocycles. The van der Waals surface area contributed by atoms with Crippen LogP contribution >= 0.6 is 0 Å². The van der Waals surface area contributed by atoms with E-state index in [1.807, 2.05) is 13.0 Å². The van der Waals surface area contributed by atoms with Gasteiger partial charge >= 0.3 is 12.2 Å². The van der Waals surface area contributed by atoms with Gasteiger partial charge in [-0.3, -0.25) is 14.5 Å². The van der Waals surface area contributed by atoms with Crippen LogP contribution in [0.15, 0.2) is 54.6 Å². The van der Waals surface area contributed by atoms with E-state index in [0.717, 1.165) is 24.1 Å². The molecule has 1 unspecified atom stereocenters. The van der Waals surface area contributed by atoms with E-state index in [2.05, 4.69) is 5.32 Å². The van der Waals surface area contributed by atoms with Gasteiger partial charge in [0, 0.05) is 5.69 Å². The van der Waals surface area contributed by atoms with Crippen molar-refractivity contribution in [1.29, 1.82) is 0 Å². The topological polar surface area (TPSA) is 78.5 Å². The lowest BCUT2D eigenvalue weighted by Gasteiger charge is -2.29. The Morgan fingerprint density at radius 3 is 2.41 bits per heavy atom. The first-order valence-electron chi connectivity index (χ1n) is 8.84. The number of hydrogen-bond donors (Lipinski definition) is 2. The molecule has 29 heavy (non-hydrogen) atoms. The van der Waals surface area contributed by atoms with Crippen molar-refractivity contribution in [3.63, 3.8) is 0 Å². The average Bonchev–Trinajstić information content (AvgIpc) is 2.94. The van der Waals surface area contributed by atoms with Crippen LogP contribution in [-0.4, -0.2) is 35.5 Å². The van der Waals surface area contributed by atoms with Crippen LogP contribution in [0.2, 0.25) is 0 Å². The maximum Gasteiger partial charge on any atom is 0.425 e. The normalized spacial score (nSPS) is 19.2. The number of halogens is 3. The zero-order valence-corrected chi connectivity index (χ0v) is 15.4. The average molecular weight is 405 g/mol. The minimum atomic E-state index is -5.10.